The predicted octanol–water partition coefficient (Wildman–Crippen LogP) is 4.98. The molecule has 1 amide bonds. The van der Waals surface area contributed by atoms with Crippen molar-refractivity contribution in [3.8, 4) is 17.0 Å². The van der Waals surface area contributed by atoms with E-state index in [0.717, 1.165) is 5.56 Å². The maximum atomic E-state index is 12.4. The molecule has 0 aliphatic rings. The fourth-order valence-electron chi connectivity index (χ4n) is 3.07. The summed E-state index contributed by atoms with van der Waals surface area (Å²) in [7, 11) is 0. The number of benzene rings is 3. The van der Waals surface area contributed by atoms with E-state index in [0.29, 0.717) is 34.2 Å². The number of para-hydroxylation sites is 1. The number of ether oxygens (including phenoxy) is 1. The number of aromatic amines is 1. The molecule has 0 aliphatic heterocycles. The summed E-state index contributed by atoms with van der Waals surface area (Å²) in [6.45, 7) is 0.346. The van der Waals surface area contributed by atoms with E-state index in [1.165, 1.54) is 24.4 Å². The van der Waals surface area contributed by atoms with Gasteiger partial charge in [0.1, 0.15) is 18.1 Å². The van der Waals surface area contributed by atoms with Gasteiger partial charge in [-0.3, -0.25) is 20.0 Å². The Morgan fingerprint density at radius 2 is 1.91 bits per heavy atom. The van der Waals surface area contributed by atoms with Crippen molar-refractivity contribution in [2.75, 3.05) is 0 Å². The number of H-pyrrole nitrogens is 1. The Kier molecular flexibility index (Phi) is 6.95. The summed E-state index contributed by atoms with van der Waals surface area (Å²) < 4.78 is 5.96. The molecule has 34 heavy (non-hydrogen) atoms. The molecule has 4 aromatic rings. The highest BCUT2D eigenvalue weighted by Gasteiger charge is 2.14. The van der Waals surface area contributed by atoms with Gasteiger partial charge in [0.2, 0.25) is 0 Å². The van der Waals surface area contributed by atoms with Gasteiger partial charge in [-0.25, -0.2) is 5.43 Å². The number of rotatable bonds is 8. The lowest BCUT2D eigenvalue weighted by Gasteiger charge is -2.10. The van der Waals surface area contributed by atoms with Crippen LogP contribution >= 0.6 is 11.6 Å². The number of amides is 1. The SMILES string of the molecule is O=C(N/N=C/c1cccc([N+](=O)[O-])c1)c1cc(-c2ccccc2OCc2ccc(Cl)cc2)n[nH]1. The summed E-state index contributed by atoms with van der Waals surface area (Å²) >= 11 is 5.92. The van der Waals surface area contributed by atoms with Crippen LogP contribution in [-0.4, -0.2) is 27.2 Å². The van der Waals surface area contributed by atoms with E-state index >= 15 is 0 Å². The lowest BCUT2D eigenvalue weighted by atomic mass is 10.1. The van der Waals surface area contributed by atoms with Gasteiger partial charge in [0, 0.05) is 28.3 Å². The number of hydrogen-bond donors (Lipinski definition) is 2. The lowest BCUT2D eigenvalue weighted by molar-refractivity contribution is -0.384. The Morgan fingerprint density at radius 3 is 2.71 bits per heavy atom. The molecular formula is C24H18ClN5O4. The average Bonchev–Trinajstić information content (AvgIpc) is 3.34. The smallest absolute Gasteiger partial charge is 0.289 e. The van der Waals surface area contributed by atoms with Crippen molar-refractivity contribution in [1.29, 1.82) is 0 Å². The lowest BCUT2D eigenvalue weighted by Crippen LogP contribution is -2.18. The van der Waals surface area contributed by atoms with E-state index in [1.807, 2.05) is 36.4 Å². The quantitative estimate of drug-likeness (QED) is 0.211. The van der Waals surface area contributed by atoms with Gasteiger partial charge in [0.25, 0.3) is 11.6 Å². The second-order valence-corrected chi connectivity index (χ2v) is 7.57. The van der Waals surface area contributed by atoms with Crippen LogP contribution in [0.4, 0.5) is 5.69 Å². The molecule has 0 radical (unpaired) electrons. The molecule has 0 unspecified atom stereocenters. The van der Waals surface area contributed by atoms with Crippen molar-refractivity contribution < 1.29 is 14.5 Å². The topological polar surface area (TPSA) is 123 Å². The second-order valence-electron chi connectivity index (χ2n) is 7.13. The van der Waals surface area contributed by atoms with Crippen LogP contribution in [0.25, 0.3) is 11.3 Å². The number of nitrogens with one attached hydrogen (secondary N) is 2. The molecule has 1 aromatic heterocycles. The number of nitro benzene ring substituents is 1. The second kappa shape index (κ2) is 10.4. The fraction of sp³-hybridized carbons (Fsp3) is 0.0417. The van der Waals surface area contributed by atoms with Gasteiger partial charge in [0.15, 0.2) is 0 Å². The van der Waals surface area contributed by atoms with Crippen molar-refractivity contribution >= 4 is 29.4 Å². The highest BCUT2D eigenvalue weighted by atomic mass is 35.5. The zero-order chi connectivity index (χ0) is 23.9. The van der Waals surface area contributed by atoms with Crippen molar-refractivity contribution in [2.24, 2.45) is 5.10 Å². The largest absolute Gasteiger partial charge is 0.488 e. The summed E-state index contributed by atoms with van der Waals surface area (Å²) in [6.07, 6.45) is 1.32. The number of hydrogen-bond acceptors (Lipinski definition) is 6. The molecule has 0 saturated heterocycles. The summed E-state index contributed by atoms with van der Waals surface area (Å²) in [6, 6.07) is 22.2. The van der Waals surface area contributed by atoms with Crippen LogP contribution in [-0.2, 0) is 6.61 Å². The Bertz CT molecular complexity index is 1350. The fourth-order valence-corrected chi connectivity index (χ4v) is 3.19. The Morgan fingerprint density at radius 1 is 1.12 bits per heavy atom. The highest BCUT2D eigenvalue weighted by molar-refractivity contribution is 6.30. The number of nitro groups is 1. The first kappa shape index (κ1) is 22.7. The van der Waals surface area contributed by atoms with Crippen LogP contribution in [0.5, 0.6) is 5.75 Å². The zero-order valence-corrected chi connectivity index (χ0v) is 18.4. The minimum Gasteiger partial charge on any atom is -0.488 e. The Hall–Kier alpha value is -4.50. The number of aromatic nitrogens is 2. The molecule has 2 N–H and O–H groups in total. The van der Waals surface area contributed by atoms with E-state index in [-0.39, 0.29) is 11.4 Å². The summed E-state index contributed by atoms with van der Waals surface area (Å²) in [4.78, 5) is 22.8. The van der Waals surface area contributed by atoms with E-state index in [4.69, 9.17) is 16.3 Å². The number of carbonyl (C=O) groups excluding carboxylic acids is 1. The third-order valence-corrected chi connectivity index (χ3v) is 5.01. The number of hydrazone groups is 1. The first-order valence-corrected chi connectivity index (χ1v) is 10.5. The van der Waals surface area contributed by atoms with Gasteiger partial charge in [-0.15, -0.1) is 0 Å². The van der Waals surface area contributed by atoms with E-state index in [1.54, 1.807) is 24.3 Å². The van der Waals surface area contributed by atoms with Crippen LogP contribution in [0.1, 0.15) is 21.6 Å². The monoisotopic (exact) mass is 475 g/mol. The van der Waals surface area contributed by atoms with Crippen LogP contribution in [0.2, 0.25) is 5.02 Å². The third kappa shape index (κ3) is 5.64. The van der Waals surface area contributed by atoms with Crippen LogP contribution in [0.15, 0.2) is 84.0 Å². The molecule has 0 fully saturated rings. The van der Waals surface area contributed by atoms with E-state index in [9.17, 15) is 14.9 Å². The molecular weight excluding hydrogens is 458 g/mol. The maximum Gasteiger partial charge on any atom is 0.289 e. The molecule has 0 spiro atoms. The summed E-state index contributed by atoms with van der Waals surface area (Å²) in [5.74, 6) is 0.0968. The Labute approximate surface area is 199 Å². The molecule has 9 nitrogen and oxygen atoms in total. The van der Waals surface area contributed by atoms with Gasteiger partial charge in [0.05, 0.1) is 16.8 Å². The van der Waals surface area contributed by atoms with Crippen LogP contribution in [0.3, 0.4) is 0 Å². The van der Waals surface area contributed by atoms with Crippen molar-refractivity contribution in [1.82, 2.24) is 15.6 Å². The van der Waals surface area contributed by atoms with Gasteiger partial charge in [-0.05, 0) is 35.9 Å². The summed E-state index contributed by atoms with van der Waals surface area (Å²) in [5.41, 5.74) is 5.18. The standard InChI is InChI=1S/C24H18ClN5O4/c25-18-10-8-16(9-11-18)15-34-23-7-2-1-6-20(23)21-13-22(28-27-21)24(31)29-26-14-17-4-3-5-19(12-17)30(32)33/h1-14H,15H2,(H,27,28)(H,29,31)/b26-14+. The number of non-ortho nitro benzene ring substituents is 1. The number of halogens is 1. The number of nitrogens with zero attached hydrogens (tertiary/aromatic N) is 3. The van der Waals surface area contributed by atoms with E-state index < -0.39 is 10.8 Å². The van der Waals surface area contributed by atoms with E-state index in [2.05, 4.69) is 20.7 Å². The van der Waals surface area contributed by atoms with Crippen molar-refractivity contribution in [3.63, 3.8) is 0 Å². The normalized spacial score (nSPS) is 10.9. The minimum atomic E-state index is -0.514. The first-order valence-electron chi connectivity index (χ1n) is 10.1. The highest BCUT2D eigenvalue weighted by Crippen LogP contribution is 2.29. The molecule has 0 atom stereocenters. The Balaban J connectivity index is 1.43. The van der Waals surface area contributed by atoms with Gasteiger partial charge >= 0.3 is 0 Å². The zero-order valence-electron chi connectivity index (χ0n) is 17.6. The average molecular weight is 476 g/mol. The van der Waals surface area contributed by atoms with Crippen LogP contribution in [0, 0.1) is 10.1 Å². The number of carbonyl (C=O) groups is 1. The summed E-state index contributed by atoms with van der Waals surface area (Å²) in [5, 5.41) is 22.3. The predicted molar refractivity (Wildman–Crippen MR) is 128 cm³/mol. The molecule has 170 valence electrons. The molecule has 0 saturated carbocycles. The molecule has 1 heterocycles. The third-order valence-electron chi connectivity index (χ3n) is 4.75. The first-order chi connectivity index (χ1) is 16.5. The van der Waals surface area contributed by atoms with Gasteiger partial charge in [-0.1, -0.05) is 48.0 Å². The van der Waals surface area contributed by atoms with Crippen molar-refractivity contribution in [2.45, 2.75) is 6.61 Å². The van der Waals surface area contributed by atoms with Crippen LogP contribution < -0.4 is 10.2 Å². The maximum absolute atomic E-state index is 12.4. The molecule has 0 bridgehead atoms. The minimum absolute atomic E-state index is 0.0644. The van der Waals surface area contributed by atoms with Gasteiger partial charge < -0.3 is 4.74 Å². The van der Waals surface area contributed by atoms with Crippen molar-refractivity contribution in [3.05, 3.63) is 111 Å². The molecule has 0 aliphatic carbocycles. The molecule has 10 heteroatoms. The molecule has 4 rings (SSSR count). The van der Waals surface area contributed by atoms with Gasteiger partial charge in [-0.2, -0.15) is 10.2 Å². The molecule has 3 aromatic carbocycles.